The molecule has 0 unspecified atom stereocenters. The highest BCUT2D eigenvalue weighted by atomic mass is 32.1. The summed E-state index contributed by atoms with van der Waals surface area (Å²) in [6.07, 6.45) is -4.36. The van der Waals surface area contributed by atoms with Crippen molar-refractivity contribution in [3.63, 3.8) is 0 Å². The lowest BCUT2D eigenvalue weighted by Crippen LogP contribution is -2.07. The van der Waals surface area contributed by atoms with E-state index in [0.717, 1.165) is 12.1 Å². The van der Waals surface area contributed by atoms with Gasteiger partial charge in [-0.1, -0.05) is 6.07 Å². The number of carbonyl (C=O) groups excluding carboxylic acids is 1. The summed E-state index contributed by atoms with van der Waals surface area (Å²) in [5, 5.41) is 4.87. The lowest BCUT2D eigenvalue weighted by atomic mass is 10.2. The number of nitrogens with one attached hydrogen (secondary N) is 1. The number of aromatic nitrogens is 1. The van der Waals surface area contributed by atoms with Crippen LogP contribution in [0, 0.1) is 0 Å². The molecule has 0 saturated heterocycles. The van der Waals surface area contributed by atoms with Crippen LogP contribution in [0.3, 0.4) is 0 Å². The van der Waals surface area contributed by atoms with E-state index in [-0.39, 0.29) is 18.7 Å². The van der Waals surface area contributed by atoms with Crippen LogP contribution in [0.4, 0.5) is 24.0 Å². The maximum absolute atomic E-state index is 12.6. The number of rotatable bonds is 5. The molecule has 2 aromatic rings. The number of carbonyl (C=O) groups is 1. The minimum Gasteiger partial charge on any atom is -0.466 e. The fraction of sp³-hybridized carbons (Fsp3) is 0.286. The largest absolute Gasteiger partial charge is 0.466 e. The van der Waals surface area contributed by atoms with E-state index in [0.29, 0.717) is 10.8 Å². The van der Waals surface area contributed by atoms with Gasteiger partial charge in [-0.25, -0.2) is 4.98 Å². The Morgan fingerprint density at radius 3 is 2.86 bits per heavy atom. The maximum atomic E-state index is 12.6. The lowest BCUT2D eigenvalue weighted by Gasteiger charge is -2.08. The van der Waals surface area contributed by atoms with Gasteiger partial charge in [0.2, 0.25) is 0 Å². The van der Waals surface area contributed by atoms with E-state index in [1.807, 2.05) is 0 Å². The topological polar surface area (TPSA) is 51.2 Å². The minimum absolute atomic E-state index is 0.0363. The SMILES string of the molecule is CCOC(=O)Cc1csc(Nc2cccc(C(F)(F)F)c2)n1. The van der Waals surface area contributed by atoms with Gasteiger partial charge >= 0.3 is 12.1 Å². The number of halogens is 3. The zero-order valence-corrected chi connectivity index (χ0v) is 12.4. The first-order valence-electron chi connectivity index (χ1n) is 6.43. The van der Waals surface area contributed by atoms with Crippen molar-refractivity contribution in [3.05, 3.63) is 40.9 Å². The molecule has 1 N–H and O–H groups in total. The number of hydrogen-bond acceptors (Lipinski definition) is 5. The van der Waals surface area contributed by atoms with Gasteiger partial charge in [0.05, 0.1) is 24.3 Å². The predicted molar refractivity (Wildman–Crippen MR) is 77.2 cm³/mol. The standard InChI is InChI=1S/C14H13F3N2O2S/c1-2-21-12(20)7-11-8-22-13(19-11)18-10-5-3-4-9(6-10)14(15,16)17/h3-6,8H,2,7H2,1H3,(H,18,19). The average Bonchev–Trinajstić information content (AvgIpc) is 2.85. The summed E-state index contributed by atoms with van der Waals surface area (Å²) in [4.78, 5) is 15.5. The Bertz CT molecular complexity index is 656. The molecule has 4 nitrogen and oxygen atoms in total. The van der Waals surface area contributed by atoms with Crippen LogP contribution in [0.5, 0.6) is 0 Å². The van der Waals surface area contributed by atoms with Crippen molar-refractivity contribution in [3.8, 4) is 0 Å². The molecule has 8 heteroatoms. The van der Waals surface area contributed by atoms with Gasteiger partial charge in [-0.2, -0.15) is 13.2 Å². The van der Waals surface area contributed by atoms with Crippen molar-refractivity contribution in [2.75, 3.05) is 11.9 Å². The first-order valence-corrected chi connectivity index (χ1v) is 7.30. The van der Waals surface area contributed by atoms with Gasteiger partial charge in [0.1, 0.15) is 0 Å². The molecule has 0 bridgehead atoms. The van der Waals surface area contributed by atoms with Gasteiger partial charge in [-0.05, 0) is 25.1 Å². The van der Waals surface area contributed by atoms with E-state index < -0.39 is 17.7 Å². The number of thiazole rings is 1. The molecule has 0 fully saturated rings. The first-order chi connectivity index (χ1) is 10.4. The number of nitrogens with zero attached hydrogens (tertiary/aromatic N) is 1. The molecule has 0 saturated carbocycles. The second-order valence-electron chi connectivity index (χ2n) is 4.33. The Hall–Kier alpha value is -2.09. The highest BCUT2D eigenvalue weighted by Crippen LogP contribution is 2.31. The highest BCUT2D eigenvalue weighted by molar-refractivity contribution is 7.13. The quantitative estimate of drug-likeness (QED) is 0.842. The summed E-state index contributed by atoms with van der Waals surface area (Å²) in [6.45, 7) is 2.00. The first kappa shape index (κ1) is 16.3. The molecule has 1 aromatic heterocycles. The Balaban J connectivity index is 2.06. The molecule has 1 aromatic carbocycles. The summed E-state index contributed by atoms with van der Waals surface area (Å²) in [5.74, 6) is -0.390. The molecule has 2 rings (SSSR count). The zero-order valence-electron chi connectivity index (χ0n) is 11.6. The van der Waals surface area contributed by atoms with E-state index in [1.54, 1.807) is 12.3 Å². The minimum atomic E-state index is -4.39. The van der Waals surface area contributed by atoms with Crippen LogP contribution in [-0.4, -0.2) is 17.6 Å². The van der Waals surface area contributed by atoms with E-state index in [9.17, 15) is 18.0 Å². The van der Waals surface area contributed by atoms with E-state index in [4.69, 9.17) is 4.74 Å². The zero-order chi connectivity index (χ0) is 16.2. The maximum Gasteiger partial charge on any atom is 0.416 e. The van der Waals surface area contributed by atoms with Gasteiger partial charge < -0.3 is 10.1 Å². The summed E-state index contributed by atoms with van der Waals surface area (Å²) in [6, 6.07) is 4.84. The molecule has 0 aliphatic heterocycles. The average molecular weight is 330 g/mol. The Morgan fingerprint density at radius 1 is 1.41 bits per heavy atom. The fourth-order valence-corrected chi connectivity index (χ4v) is 2.43. The monoisotopic (exact) mass is 330 g/mol. The van der Waals surface area contributed by atoms with Crippen molar-refractivity contribution < 1.29 is 22.7 Å². The molecule has 0 radical (unpaired) electrons. The summed E-state index contributed by atoms with van der Waals surface area (Å²) < 4.78 is 42.7. The van der Waals surface area contributed by atoms with Crippen LogP contribution in [0.1, 0.15) is 18.2 Å². The van der Waals surface area contributed by atoms with Crippen molar-refractivity contribution in [1.29, 1.82) is 0 Å². The summed E-state index contributed by atoms with van der Waals surface area (Å²) >= 11 is 1.21. The molecule has 118 valence electrons. The van der Waals surface area contributed by atoms with E-state index in [2.05, 4.69) is 10.3 Å². The fourth-order valence-electron chi connectivity index (χ4n) is 1.70. The van der Waals surface area contributed by atoms with Crippen LogP contribution < -0.4 is 5.32 Å². The smallest absolute Gasteiger partial charge is 0.416 e. The van der Waals surface area contributed by atoms with Gasteiger partial charge in [-0.15, -0.1) is 11.3 Å². The number of benzene rings is 1. The second-order valence-corrected chi connectivity index (χ2v) is 5.19. The van der Waals surface area contributed by atoms with Crippen LogP contribution in [0.25, 0.3) is 0 Å². The third-order valence-electron chi connectivity index (χ3n) is 2.62. The molecular formula is C14H13F3N2O2S. The summed E-state index contributed by atoms with van der Waals surface area (Å²) in [7, 11) is 0. The molecule has 0 aliphatic rings. The third-order valence-corrected chi connectivity index (χ3v) is 3.43. The second kappa shape index (κ2) is 6.78. The van der Waals surface area contributed by atoms with Crippen LogP contribution in [0.2, 0.25) is 0 Å². The van der Waals surface area contributed by atoms with Crippen molar-refractivity contribution in [1.82, 2.24) is 4.98 Å². The van der Waals surface area contributed by atoms with Crippen molar-refractivity contribution >= 4 is 28.1 Å². The van der Waals surface area contributed by atoms with Gasteiger partial charge in [-0.3, -0.25) is 4.79 Å². The Labute approximate surface area is 128 Å². The van der Waals surface area contributed by atoms with Gasteiger partial charge in [0, 0.05) is 11.1 Å². The molecular weight excluding hydrogens is 317 g/mol. The Morgan fingerprint density at radius 2 is 2.18 bits per heavy atom. The molecule has 22 heavy (non-hydrogen) atoms. The number of esters is 1. The van der Waals surface area contributed by atoms with E-state index >= 15 is 0 Å². The van der Waals surface area contributed by atoms with Crippen LogP contribution in [0.15, 0.2) is 29.6 Å². The van der Waals surface area contributed by atoms with E-state index in [1.165, 1.54) is 23.5 Å². The van der Waals surface area contributed by atoms with Crippen LogP contribution in [-0.2, 0) is 22.1 Å². The molecule has 0 amide bonds. The highest BCUT2D eigenvalue weighted by Gasteiger charge is 2.30. The van der Waals surface area contributed by atoms with Crippen molar-refractivity contribution in [2.24, 2.45) is 0 Å². The molecule has 1 heterocycles. The molecule has 0 atom stereocenters. The molecule has 0 spiro atoms. The van der Waals surface area contributed by atoms with Gasteiger partial charge in [0.15, 0.2) is 5.13 Å². The normalized spacial score (nSPS) is 11.3. The lowest BCUT2D eigenvalue weighted by molar-refractivity contribution is -0.142. The Kier molecular flexibility index (Phi) is 5.02. The predicted octanol–water partition coefficient (Wildman–Crippen LogP) is 4.01. The number of alkyl halides is 3. The molecule has 0 aliphatic carbocycles. The number of anilines is 2. The number of hydrogen-bond donors (Lipinski definition) is 1. The summed E-state index contributed by atoms with van der Waals surface area (Å²) in [5.41, 5.74) is 0.0607. The van der Waals surface area contributed by atoms with Crippen molar-refractivity contribution in [2.45, 2.75) is 19.5 Å². The number of ether oxygens (including phenoxy) is 1. The van der Waals surface area contributed by atoms with Gasteiger partial charge in [0.25, 0.3) is 0 Å². The van der Waals surface area contributed by atoms with Crippen LogP contribution >= 0.6 is 11.3 Å². The third kappa shape index (κ3) is 4.45.